The maximum atomic E-state index is 11.2. The lowest BCUT2D eigenvalue weighted by molar-refractivity contribution is -0.155. The number of carbonyl (C=O) groups excluding carboxylic acids is 1. The summed E-state index contributed by atoms with van der Waals surface area (Å²) in [6.45, 7) is 5.59. The molecule has 0 spiro atoms. The first-order valence-electron chi connectivity index (χ1n) is 5.25. The maximum Gasteiger partial charge on any atom is 0.334 e. The molecule has 0 aliphatic carbocycles. The van der Waals surface area contributed by atoms with Crippen LogP contribution in [0.5, 0.6) is 0 Å². The van der Waals surface area contributed by atoms with Gasteiger partial charge in [0.2, 0.25) is 0 Å². The van der Waals surface area contributed by atoms with Crippen molar-refractivity contribution in [1.29, 1.82) is 0 Å². The summed E-state index contributed by atoms with van der Waals surface area (Å²) in [6.07, 6.45) is 1.88. The lowest BCUT2D eigenvalue weighted by Gasteiger charge is -2.15. The van der Waals surface area contributed by atoms with Gasteiger partial charge in [0, 0.05) is 6.04 Å². The van der Waals surface area contributed by atoms with Crippen LogP contribution in [0.1, 0.15) is 26.7 Å². The molecule has 2 atom stereocenters. The van der Waals surface area contributed by atoms with E-state index in [9.17, 15) is 4.79 Å². The summed E-state index contributed by atoms with van der Waals surface area (Å²) >= 11 is 0. The Balaban J connectivity index is 2.13. The average molecular weight is 201 g/mol. The second-order valence-corrected chi connectivity index (χ2v) is 3.52. The Labute approximate surface area is 85.0 Å². The van der Waals surface area contributed by atoms with Crippen molar-refractivity contribution in [3.8, 4) is 0 Å². The predicted octanol–water partition coefficient (Wildman–Crippen LogP) is 0.707. The van der Waals surface area contributed by atoms with Gasteiger partial charge in [-0.3, -0.25) is 0 Å². The summed E-state index contributed by atoms with van der Waals surface area (Å²) < 4.78 is 10.2. The molecule has 0 radical (unpaired) electrons. The summed E-state index contributed by atoms with van der Waals surface area (Å²) in [5.41, 5.74) is 0. The van der Waals surface area contributed by atoms with Crippen LogP contribution in [0.15, 0.2) is 0 Å². The highest BCUT2D eigenvalue weighted by molar-refractivity contribution is 5.74. The number of carbonyl (C=O) groups is 1. The van der Waals surface area contributed by atoms with Crippen LogP contribution >= 0.6 is 0 Å². The van der Waals surface area contributed by atoms with Gasteiger partial charge in [-0.25, -0.2) is 4.79 Å². The monoisotopic (exact) mass is 201 g/mol. The third kappa shape index (κ3) is 3.64. The van der Waals surface area contributed by atoms with E-state index in [0.717, 1.165) is 13.0 Å². The maximum absolute atomic E-state index is 11.2. The van der Waals surface area contributed by atoms with E-state index < -0.39 is 6.10 Å². The van der Waals surface area contributed by atoms with Crippen LogP contribution in [-0.2, 0) is 14.3 Å². The number of hydrogen-bond donors (Lipinski definition) is 1. The molecule has 1 fully saturated rings. The summed E-state index contributed by atoms with van der Waals surface area (Å²) in [5, 5.41) is 3.31. The highest BCUT2D eigenvalue weighted by atomic mass is 16.6. The summed E-state index contributed by atoms with van der Waals surface area (Å²) in [7, 11) is 0. The SMILES string of the molecule is CCOC(=O)C(C)OCC1CCCN1. The standard InChI is InChI=1S/C10H19NO3/c1-3-13-10(12)8(2)14-7-9-5-4-6-11-9/h8-9,11H,3-7H2,1-2H3. The average Bonchev–Trinajstić information content (AvgIpc) is 2.67. The second-order valence-electron chi connectivity index (χ2n) is 3.52. The molecular formula is C10H19NO3. The van der Waals surface area contributed by atoms with Gasteiger partial charge in [0.1, 0.15) is 0 Å². The third-order valence-electron chi connectivity index (χ3n) is 2.33. The molecule has 0 aromatic heterocycles. The van der Waals surface area contributed by atoms with E-state index >= 15 is 0 Å². The molecule has 1 heterocycles. The largest absolute Gasteiger partial charge is 0.464 e. The Morgan fingerprint density at radius 2 is 2.43 bits per heavy atom. The van der Waals surface area contributed by atoms with Crippen LogP contribution < -0.4 is 5.32 Å². The molecule has 14 heavy (non-hydrogen) atoms. The zero-order valence-corrected chi connectivity index (χ0v) is 8.91. The number of esters is 1. The van der Waals surface area contributed by atoms with Crippen molar-refractivity contribution in [2.45, 2.75) is 38.8 Å². The van der Waals surface area contributed by atoms with Gasteiger partial charge in [-0.05, 0) is 33.2 Å². The van der Waals surface area contributed by atoms with Crippen molar-refractivity contribution in [3.05, 3.63) is 0 Å². The third-order valence-corrected chi connectivity index (χ3v) is 2.33. The molecule has 0 aromatic carbocycles. The van der Waals surface area contributed by atoms with Gasteiger partial charge in [0.05, 0.1) is 13.2 Å². The first-order valence-corrected chi connectivity index (χ1v) is 5.25. The van der Waals surface area contributed by atoms with E-state index in [-0.39, 0.29) is 5.97 Å². The first-order chi connectivity index (χ1) is 6.74. The van der Waals surface area contributed by atoms with E-state index in [0.29, 0.717) is 19.3 Å². The zero-order chi connectivity index (χ0) is 10.4. The predicted molar refractivity (Wildman–Crippen MR) is 53.1 cm³/mol. The highest BCUT2D eigenvalue weighted by Crippen LogP contribution is 2.06. The van der Waals surface area contributed by atoms with E-state index in [1.807, 2.05) is 0 Å². The fourth-order valence-electron chi connectivity index (χ4n) is 1.49. The Morgan fingerprint density at radius 3 is 3.00 bits per heavy atom. The number of nitrogens with one attached hydrogen (secondary N) is 1. The van der Waals surface area contributed by atoms with Crippen LogP contribution in [0.4, 0.5) is 0 Å². The van der Waals surface area contributed by atoms with Crippen LogP contribution in [-0.4, -0.2) is 37.9 Å². The smallest absolute Gasteiger partial charge is 0.334 e. The lowest BCUT2D eigenvalue weighted by atomic mass is 10.2. The van der Waals surface area contributed by atoms with Crippen LogP contribution in [0.2, 0.25) is 0 Å². The van der Waals surface area contributed by atoms with Crippen LogP contribution in [0.25, 0.3) is 0 Å². The van der Waals surface area contributed by atoms with E-state index in [2.05, 4.69) is 5.32 Å². The normalized spacial score (nSPS) is 23.4. The number of hydrogen-bond acceptors (Lipinski definition) is 4. The Hall–Kier alpha value is -0.610. The van der Waals surface area contributed by atoms with Crippen LogP contribution in [0, 0.1) is 0 Å². The van der Waals surface area contributed by atoms with Gasteiger partial charge >= 0.3 is 5.97 Å². The fraction of sp³-hybridized carbons (Fsp3) is 0.900. The van der Waals surface area contributed by atoms with E-state index in [1.165, 1.54) is 6.42 Å². The van der Waals surface area contributed by atoms with Crippen LogP contribution in [0.3, 0.4) is 0 Å². The molecule has 4 nitrogen and oxygen atoms in total. The van der Waals surface area contributed by atoms with Crippen molar-refractivity contribution in [2.75, 3.05) is 19.8 Å². The fourth-order valence-corrected chi connectivity index (χ4v) is 1.49. The van der Waals surface area contributed by atoms with Gasteiger partial charge in [0.15, 0.2) is 6.10 Å². The Kier molecular flexibility index (Phi) is 4.90. The van der Waals surface area contributed by atoms with E-state index in [1.54, 1.807) is 13.8 Å². The van der Waals surface area contributed by atoms with Crippen molar-refractivity contribution in [2.24, 2.45) is 0 Å². The minimum Gasteiger partial charge on any atom is -0.464 e. The Morgan fingerprint density at radius 1 is 1.64 bits per heavy atom. The summed E-state index contributed by atoms with van der Waals surface area (Å²) in [6, 6.07) is 0.409. The molecule has 0 saturated carbocycles. The molecule has 4 heteroatoms. The Bertz CT molecular complexity index is 178. The first kappa shape index (κ1) is 11.5. The molecule has 1 N–H and O–H groups in total. The van der Waals surface area contributed by atoms with Gasteiger partial charge in [-0.2, -0.15) is 0 Å². The van der Waals surface area contributed by atoms with E-state index in [4.69, 9.17) is 9.47 Å². The van der Waals surface area contributed by atoms with Crippen molar-refractivity contribution in [3.63, 3.8) is 0 Å². The zero-order valence-electron chi connectivity index (χ0n) is 8.91. The van der Waals surface area contributed by atoms with Gasteiger partial charge in [-0.1, -0.05) is 0 Å². The quantitative estimate of drug-likeness (QED) is 0.665. The topological polar surface area (TPSA) is 47.6 Å². The van der Waals surface area contributed by atoms with Crippen molar-refractivity contribution in [1.82, 2.24) is 5.32 Å². The molecule has 2 unspecified atom stereocenters. The molecule has 1 aliphatic heterocycles. The van der Waals surface area contributed by atoms with Gasteiger partial charge in [0.25, 0.3) is 0 Å². The molecule has 1 rings (SSSR count). The lowest BCUT2D eigenvalue weighted by Crippen LogP contribution is -2.32. The number of rotatable bonds is 5. The number of ether oxygens (including phenoxy) is 2. The summed E-state index contributed by atoms with van der Waals surface area (Å²) in [5.74, 6) is -0.273. The molecule has 0 amide bonds. The van der Waals surface area contributed by atoms with Crippen molar-refractivity contribution >= 4 is 5.97 Å². The molecule has 0 bridgehead atoms. The van der Waals surface area contributed by atoms with Gasteiger partial charge < -0.3 is 14.8 Å². The minimum absolute atomic E-state index is 0.273. The molecular weight excluding hydrogens is 182 g/mol. The van der Waals surface area contributed by atoms with Crippen molar-refractivity contribution < 1.29 is 14.3 Å². The highest BCUT2D eigenvalue weighted by Gasteiger charge is 2.19. The molecule has 1 saturated heterocycles. The summed E-state index contributed by atoms with van der Waals surface area (Å²) in [4.78, 5) is 11.2. The molecule has 82 valence electrons. The molecule has 0 aromatic rings. The second kappa shape index (κ2) is 5.98. The van der Waals surface area contributed by atoms with Gasteiger partial charge in [-0.15, -0.1) is 0 Å². The minimum atomic E-state index is -0.447. The molecule has 1 aliphatic rings.